The van der Waals surface area contributed by atoms with Crippen LogP contribution in [-0.2, 0) is 9.59 Å². The molecule has 0 spiro atoms. The summed E-state index contributed by atoms with van der Waals surface area (Å²) in [5.74, 6) is 2.14. The minimum Gasteiger partial charge on any atom is -0.351 e. The van der Waals surface area contributed by atoms with Gasteiger partial charge in [-0.2, -0.15) is 0 Å². The Balaban J connectivity index is 0.000000160. The van der Waals surface area contributed by atoms with Crippen LogP contribution < -0.4 is 11.1 Å². The van der Waals surface area contributed by atoms with Gasteiger partial charge in [-0.25, -0.2) is 0 Å². The Morgan fingerprint density at radius 2 is 1.35 bits per heavy atom. The summed E-state index contributed by atoms with van der Waals surface area (Å²) >= 11 is 4.64. The van der Waals surface area contributed by atoms with Crippen LogP contribution in [0.4, 0.5) is 0 Å². The summed E-state index contributed by atoms with van der Waals surface area (Å²) in [4.78, 5) is 19.8. The Bertz CT molecular complexity index is 359. The van der Waals surface area contributed by atoms with E-state index in [2.05, 4.69) is 16.9 Å². The van der Waals surface area contributed by atoms with Crippen molar-refractivity contribution in [3.63, 3.8) is 0 Å². The largest absolute Gasteiger partial charge is 0.351 e. The molecule has 6 rings (SSSR count). The molecule has 0 aliphatic heterocycles. The molecule has 6 aliphatic carbocycles. The number of halogens is 1. The smallest absolute Gasteiger partial charge is 0.218 e. The van der Waals surface area contributed by atoms with E-state index in [9.17, 15) is 9.59 Å². The van der Waals surface area contributed by atoms with Crippen LogP contribution in [0, 0.1) is 11.8 Å². The van der Waals surface area contributed by atoms with Crippen molar-refractivity contribution in [2.24, 2.45) is 17.6 Å². The normalized spacial score (nSPS) is 40.2. The first-order chi connectivity index (χ1) is 8.72. The number of carbonyl (C=O) groups excluding carboxylic acids is 2. The van der Waals surface area contributed by atoms with Crippen LogP contribution in [0.2, 0.25) is 0 Å². The van der Waals surface area contributed by atoms with E-state index >= 15 is 0 Å². The molecule has 3 N–H and O–H groups in total. The molecule has 0 unspecified atom stereocenters. The highest BCUT2D eigenvalue weighted by Gasteiger charge is 2.57. The second kappa shape index (κ2) is 6.02. The Hall–Kier alpha value is -0.610. The van der Waals surface area contributed by atoms with Gasteiger partial charge in [0.1, 0.15) is 0 Å². The van der Waals surface area contributed by atoms with Crippen molar-refractivity contribution in [2.75, 3.05) is 0 Å². The zero-order valence-corrected chi connectivity index (χ0v) is 12.4. The second-order valence-corrected chi connectivity index (χ2v) is 7.28. The highest BCUT2D eigenvalue weighted by Crippen LogP contribution is 2.56. The van der Waals surface area contributed by atoms with Crippen molar-refractivity contribution < 1.29 is 9.59 Å². The Labute approximate surface area is 126 Å². The van der Waals surface area contributed by atoms with Gasteiger partial charge in [0.05, 0.1) is 0 Å². The lowest BCUT2D eigenvalue weighted by Crippen LogP contribution is -2.67. The van der Waals surface area contributed by atoms with Crippen LogP contribution in [0.25, 0.3) is 0 Å². The first-order valence-electron chi connectivity index (χ1n) is 6.96. The van der Waals surface area contributed by atoms with Crippen molar-refractivity contribution >= 4 is 22.8 Å². The summed E-state index contributed by atoms with van der Waals surface area (Å²) in [6.07, 6.45) is 7.71. The van der Waals surface area contributed by atoms with Gasteiger partial charge < -0.3 is 11.1 Å². The zero-order valence-electron chi connectivity index (χ0n) is 11.7. The summed E-state index contributed by atoms with van der Waals surface area (Å²) in [7, 11) is 0. The molecule has 0 radical (unpaired) electrons. The average Bonchev–Trinajstić information content (AvgIpc) is 2.04. The maximum Gasteiger partial charge on any atom is 0.218 e. The number of nitrogens with two attached hydrogens (primary N) is 1. The lowest BCUT2D eigenvalue weighted by Gasteiger charge is -2.61. The molecule has 0 heterocycles. The topological polar surface area (TPSA) is 72.2 Å². The highest BCUT2D eigenvalue weighted by atomic mass is 35.5. The van der Waals surface area contributed by atoms with E-state index in [1.54, 1.807) is 6.92 Å². The first kappa shape index (κ1) is 17.4. The lowest BCUT2D eigenvalue weighted by molar-refractivity contribution is -0.130. The van der Waals surface area contributed by atoms with Crippen molar-refractivity contribution in [2.45, 2.75) is 70.9 Å². The standard InChI is InChI=1S/C7H11NO.C5H9N.C2H3ClO.CH4/c1-5(9)8-7-2-6(3-7)4-7;6-5-1-4(2-5)3-5;1-2(3)4;/h6H,2-4H2,1H3,(H,8,9);4H,1-3,6H2;1H3;1H4. The molecule has 5 heteroatoms. The van der Waals surface area contributed by atoms with Gasteiger partial charge in [-0.05, 0) is 62.0 Å². The van der Waals surface area contributed by atoms with Crippen molar-refractivity contribution in [3.05, 3.63) is 0 Å². The quantitative estimate of drug-likeness (QED) is 0.731. The van der Waals surface area contributed by atoms with E-state index in [1.165, 1.54) is 45.4 Å². The van der Waals surface area contributed by atoms with Crippen LogP contribution in [0.5, 0.6) is 0 Å². The summed E-state index contributed by atoms with van der Waals surface area (Å²) in [5, 5.41) is 2.62. The molecule has 0 aromatic heterocycles. The molecule has 20 heavy (non-hydrogen) atoms. The summed E-state index contributed by atoms with van der Waals surface area (Å²) in [6, 6.07) is 0. The Kier molecular flexibility index (Phi) is 5.25. The fourth-order valence-corrected chi connectivity index (χ4v) is 3.55. The Morgan fingerprint density at radius 3 is 1.40 bits per heavy atom. The van der Waals surface area contributed by atoms with Crippen LogP contribution in [0.3, 0.4) is 0 Å². The zero-order chi connectivity index (χ0) is 14.3. The molecule has 0 atom stereocenters. The molecule has 1 amide bonds. The maximum absolute atomic E-state index is 10.6. The summed E-state index contributed by atoms with van der Waals surface area (Å²) in [6.45, 7) is 2.89. The van der Waals surface area contributed by atoms with E-state index < -0.39 is 0 Å². The van der Waals surface area contributed by atoms with Gasteiger partial charge in [0, 0.05) is 24.9 Å². The van der Waals surface area contributed by atoms with E-state index in [4.69, 9.17) is 5.73 Å². The predicted molar refractivity (Wildman–Crippen MR) is 81.4 cm³/mol. The van der Waals surface area contributed by atoms with Gasteiger partial charge in [0.25, 0.3) is 0 Å². The van der Waals surface area contributed by atoms with E-state index in [0.29, 0.717) is 5.54 Å². The molecule has 0 aromatic carbocycles. The van der Waals surface area contributed by atoms with E-state index in [-0.39, 0.29) is 24.1 Å². The number of hydrogen-bond acceptors (Lipinski definition) is 3. The van der Waals surface area contributed by atoms with E-state index in [1.807, 2.05) is 0 Å². The summed E-state index contributed by atoms with van der Waals surface area (Å²) in [5.41, 5.74) is 6.34. The fraction of sp³-hybridized carbons (Fsp3) is 0.867. The third-order valence-corrected chi connectivity index (χ3v) is 4.57. The average molecular weight is 303 g/mol. The summed E-state index contributed by atoms with van der Waals surface area (Å²) < 4.78 is 0. The number of hydrogen-bond donors (Lipinski definition) is 2. The first-order valence-corrected chi connectivity index (χ1v) is 7.33. The maximum atomic E-state index is 10.6. The molecular formula is C15H27ClN2O2. The van der Waals surface area contributed by atoms with Crippen molar-refractivity contribution in [1.82, 2.24) is 5.32 Å². The third kappa shape index (κ3) is 3.95. The van der Waals surface area contributed by atoms with Crippen molar-refractivity contribution in [1.29, 1.82) is 0 Å². The number of nitrogens with one attached hydrogen (secondary N) is 1. The molecule has 4 bridgehead atoms. The van der Waals surface area contributed by atoms with Crippen molar-refractivity contribution in [3.8, 4) is 0 Å². The highest BCUT2D eigenvalue weighted by molar-refractivity contribution is 6.62. The molecule has 6 fully saturated rings. The minimum atomic E-state index is -0.361. The third-order valence-electron chi connectivity index (χ3n) is 4.57. The lowest BCUT2D eigenvalue weighted by atomic mass is 9.50. The van der Waals surface area contributed by atoms with Gasteiger partial charge in [-0.3, -0.25) is 9.59 Å². The van der Waals surface area contributed by atoms with Crippen LogP contribution in [0.15, 0.2) is 0 Å². The minimum absolute atomic E-state index is 0. The molecule has 6 aliphatic rings. The number of rotatable bonds is 1. The van der Waals surface area contributed by atoms with Gasteiger partial charge in [-0.15, -0.1) is 0 Å². The monoisotopic (exact) mass is 302 g/mol. The van der Waals surface area contributed by atoms with Gasteiger partial charge in [0.15, 0.2) is 0 Å². The van der Waals surface area contributed by atoms with Gasteiger partial charge in [-0.1, -0.05) is 7.43 Å². The molecular weight excluding hydrogens is 276 g/mol. The molecule has 116 valence electrons. The molecule has 6 saturated carbocycles. The molecule has 4 nitrogen and oxygen atoms in total. The number of carbonyl (C=O) groups is 2. The van der Waals surface area contributed by atoms with E-state index in [0.717, 1.165) is 11.8 Å². The van der Waals surface area contributed by atoms with Crippen LogP contribution in [-0.4, -0.2) is 22.2 Å². The Morgan fingerprint density at radius 1 is 1.05 bits per heavy atom. The SMILES string of the molecule is C.CC(=O)Cl.CC(=O)NC12CC(C1)C2.NC12CC(C1)C2. The van der Waals surface area contributed by atoms with Gasteiger partial charge >= 0.3 is 0 Å². The fourth-order valence-electron chi connectivity index (χ4n) is 3.55. The molecule has 0 aromatic rings. The van der Waals surface area contributed by atoms with Crippen LogP contribution >= 0.6 is 11.6 Å². The van der Waals surface area contributed by atoms with Gasteiger partial charge in [0.2, 0.25) is 11.1 Å². The number of amides is 1. The molecule has 0 saturated heterocycles. The second-order valence-electron chi connectivity index (χ2n) is 6.75. The van der Waals surface area contributed by atoms with Crippen LogP contribution in [0.1, 0.15) is 59.8 Å². The predicted octanol–water partition coefficient (Wildman–Crippen LogP) is 2.58.